The molecule has 2 amide bonds. The maximum Gasteiger partial charge on any atom is 0.261 e. The van der Waals surface area contributed by atoms with E-state index < -0.39 is 6.04 Å². The van der Waals surface area contributed by atoms with Gasteiger partial charge in [-0.15, -0.1) is 11.3 Å². The van der Waals surface area contributed by atoms with Crippen LogP contribution >= 0.6 is 11.3 Å². The van der Waals surface area contributed by atoms with E-state index in [9.17, 15) is 14.4 Å². The van der Waals surface area contributed by atoms with Gasteiger partial charge in [-0.2, -0.15) is 0 Å². The van der Waals surface area contributed by atoms with Crippen LogP contribution in [-0.2, 0) is 16.0 Å². The molecule has 2 aromatic carbocycles. The average Bonchev–Trinajstić information content (AvgIpc) is 3.57. The number of Topliss-reactive ketones (excluding diaryl/α,β-unsaturated/α-hetero) is 1. The lowest BCUT2D eigenvalue weighted by Crippen LogP contribution is -2.47. The van der Waals surface area contributed by atoms with Crippen molar-refractivity contribution >= 4 is 39.8 Å². The number of nitrogens with one attached hydrogen (secondary N) is 3. The highest BCUT2D eigenvalue weighted by Crippen LogP contribution is 2.30. The van der Waals surface area contributed by atoms with Crippen LogP contribution in [0.5, 0.6) is 0 Å². The van der Waals surface area contributed by atoms with Crippen LogP contribution in [0, 0.1) is 0 Å². The minimum absolute atomic E-state index is 0.174. The van der Waals surface area contributed by atoms with E-state index in [1.54, 1.807) is 13.0 Å². The summed E-state index contributed by atoms with van der Waals surface area (Å²) in [6, 6.07) is 21.3. The third-order valence-electron chi connectivity index (χ3n) is 6.44. The van der Waals surface area contributed by atoms with Crippen molar-refractivity contribution in [3.05, 3.63) is 82.6 Å². The van der Waals surface area contributed by atoms with Gasteiger partial charge in [0.05, 0.1) is 4.88 Å². The van der Waals surface area contributed by atoms with Crippen molar-refractivity contribution < 1.29 is 14.4 Å². The fourth-order valence-electron chi connectivity index (χ4n) is 4.55. The van der Waals surface area contributed by atoms with Crippen LogP contribution in [0.1, 0.15) is 54.3 Å². The van der Waals surface area contributed by atoms with E-state index in [0.717, 1.165) is 47.0 Å². The number of thiophene rings is 1. The number of hydrogen-bond donors (Lipinski definition) is 3. The number of aromatic nitrogens is 1. The SMILES string of the molecule is CC(=O)CCCCCC(NC(=O)c1cccs1)C(=O)NCCc1c(-c2ccccc2)[nH]c2ccccc12. The fraction of sp³-hybridized carbons (Fsp3) is 0.300. The lowest BCUT2D eigenvalue weighted by molar-refractivity contribution is -0.123. The number of aromatic amines is 1. The van der Waals surface area contributed by atoms with Crippen molar-refractivity contribution in [1.82, 2.24) is 15.6 Å². The maximum absolute atomic E-state index is 13.2. The molecule has 1 atom stereocenters. The predicted octanol–water partition coefficient (Wildman–Crippen LogP) is 5.89. The van der Waals surface area contributed by atoms with Crippen LogP contribution in [0.3, 0.4) is 0 Å². The van der Waals surface area contributed by atoms with Crippen molar-refractivity contribution in [2.24, 2.45) is 0 Å². The fourth-order valence-corrected chi connectivity index (χ4v) is 5.18. The number of fused-ring (bicyclic) bond motifs is 1. The van der Waals surface area contributed by atoms with Gasteiger partial charge in [0.1, 0.15) is 11.8 Å². The van der Waals surface area contributed by atoms with Crippen molar-refractivity contribution in [2.75, 3.05) is 6.54 Å². The molecule has 0 spiro atoms. The van der Waals surface area contributed by atoms with Crippen molar-refractivity contribution in [1.29, 1.82) is 0 Å². The number of benzene rings is 2. The summed E-state index contributed by atoms with van der Waals surface area (Å²) in [6.45, 7) is 2.05. The molecule has 192 valence electrons. The number of H-pyrrole nitrogens is 1. The minimum atomic E-state index is -0.622. The summed E-state index contributed by atoms with van der Waals surface area (Å²) >= 11 is 1.35. The van der Waals surface area contributed by atoms with Gasteiger partial charge in [-0.25, -0.2) is 0 Å². The first-order chi connectivity index (χ1) is 18.0. The van der Waals surface area contributed by atoms with E-state index in [0.29, 0.717) is 30.7 Å². The Bertz CT molecular complexity index is 1330. The third kappa shape index (κ3) is 7.17. The molecule has 7 heteroatoms. The molecule has 1 unspecified atom stereocenters. The standard InChI is InChI=1S/C30H33N3O3S/c1-21(34)11-4-2-7-16-26(33-30(36)27-17-10-20-37-27)29(35)31-19-18-24-23-14-8-9-15-25(23)32-28(24)22-12-5-3-6-13-22/h3,5-6,8-10,12-15,17,20,26,32H,2,4,7,11,16,18-19H2,1H3,(H,31,35)(H,33,36). The Hall–Kier alpha value is -3.71. The Labute approximate surface area is 221 Å². The summed E-state index contributed by atoms with van der Waals surface area (Å²) in [5, 5.41) is 8.96. The first kappa shape index (κ1) is 26.4. The number of carbonyl (C=O) groups is 3. The van der Waals surface area contributed by atoms with Gasteiger partial charge in [-0.1, -0.05) is 67.4 Å². The molecule has 0 fully saturated rings. The van der Waals surface area contributed by atoms with Crippen LogP contribution in [0.2, 0.25) is 0 Å². The zero-order chi connectivity index (χ0) is 26.0. The average molecular weight is 516 g/mol. The van der Waals surface area contributed by atoms with Gasteiger partial charge < -0.3 is 20.4 Å². The number of amides is 2. The predicted molar refractivity (Wildman–Crippen MR) is 150 cm³/mol. The van der Waals surface area contributed by atoms with E-state index in [1.807, 2.05) is 41.8 Å². The van der Waals surface area contributed by atoms with E-state index in [4.69, 9.17) is 0 Å². The van der Waals surface area contributed by atoms with Gasteiger partial charge in [0.25, 0.3) is 5.91 Å². The molecule has 37 heavy (non-hydrogen) atoms. The number of unbranched alkanes of at least 4 members (excludes halogenated alkanes) is 2. The van der Waals surface area contributed by atoms with Crippen molar-refractivity contribution in [2.45, 2.75) is 51.5 Å². The summed E-state index contributed by atoms with van der Waals surface area (Å²) in [5.74, 6) is -0.244. The minimum Gasteiger partial charge on any atom is -0.354 e. The second-order valence-corrected chi connectivity index (χ2v) is 10.2. The number of hydrogen-bond acceptors (Lipinski definition) is 4. The largest absolute Gasteiger partial charge is 0.354 e. The normalized spacial score (nSPS) is 11.8. The van der Waals surface area contributed by atoms with E-state index in [2.05, 4.69) is 39.9 Å². The lowest BCUT2D eigenvalue weighted by atomic mass is 10.0. The van der Waals surface area contributed by atoms with Crippen LogP contribution in [0.15, 0.2) is 72.1 Å². The van der Waals surface area contributed by atoms with Gasteiger partial charge in [0, 0.05) is 29.6 Å². The molecule has 0 radical (unpaired) electrons. The molecular weight excluding hydrogens is 482 g/mol. The highest BCUT2D eigenvalue weighted by atomic mass is 32.1. The monoisotopic (exact) mass is 515 g/mol. The Kier molecular flexibility index (Phi) is 9.27. The smallest absolute Gasteiger partial charge is 0.261 e. The molecule has 4 rings (SSSR count). The first-order valence-electron chi connectivity index (χ1n) is 12.8. The molecule has 3 N–H and O–H groups in total. The van der Waals surface area contributed by atoms with Crippen LogP contribution < -0.4 is 10.6 Å². The molecule has 2 heterocycles. The second-order valence-electron chi connectivity index (χ2n) is 9.24. The van der Waals surface area contributed by atoms with Crippen LogP contribution in [0.4, 0.5) is 0 Å². The van der Waals surface area contributed by atoms with Crippen LogP contribution in [-0.4, -0.2) is 35.2 Å². The molecule has 0 bridgehead atoms. The van der Waals surface area contributed by atoms with E-state index in [-0.39, 0.29) is 17.6 Å². The Morgan fingerprint density at radius 1 is 0.919 bits per heavy atom. The molecule has 0 aliphatic carbocycles. The van der Waals surface area contributed by atoms with Gasteiger partial charge in [-0.05, 0) is 54.8 Å². The maximum atomic E-state index is 13.2. The molecule has 0 saturated carbocycles. The van der Waals surface area contributed by atoms with E-state index in [1.165, 1.54) is 11.3 Å². The molecule has 0 aliphatic heterocycles. The molecule has 4 aromatic rings. The topological polar surface area (TPSA) is 91.1 Å². The number of rotatable bonds is 13. The molecule has 6 nitrogen and oxygen atoms in total. The molecule has 0 aliphatic rings. The molecule has 2 aromatic heterocycles. The third-order valence-corrected chi connectivity index (χ3v) is 7.31. The number of ketones is 1. The van der Waals surface area contributed by atoms with Gasteiger partial charge >= 0.3 is 0 Å². The quantitative estimate of drug-likeness (QED) is 0.194. The lowest BCUT2D eigenvalue weighted by Gasteiger charge is -2.18. The van der Waals surface area contributed by atoms with Gasteiger partial charge in [-0.3, -0.25) is 9.59 Å². The molecular formula is C30H33N3O3S. The zero-order valence-corrected chi connectivity index (χ0v) is 21.9. The summed E-state index contributed by atoms with van der Waals surface area (Å²) in [4.78, 5) is 41.2. The Balaban J connectivity index is 1.42. The summed E-state index contributed by atoms with van der Waals surface area (Å²) in [6.07, 6.45) is 4.14. The highest BCUT2D eigenvalue weighted by Gasteiger charge is 2.22. The van der Waals surface area contributed by atoms with Crippen LogP contribution in [0.25, 0.3) is 22.2 Å². The van der Waals surface area contributed by atoms with Gasteiger partial charge in [0.2, 0.25) is 5.91 Å². The highest BCUT2D eigenvalue weighted by molar-refractivity contribution is 7.12. The number of carbonyl (C=O) groups excluding carboxylic acids is 3. The second kappa shape index (κ2) is 13.0. The Morgan fingerprint density at radius 2 is 1.70 bits per heavy atom. The van der Waals surface area contributed by atoms with Crippen molar-refractivity contribution in [3.8, 4) is 11.3 Å². The zero-order valence-electron chi connectivity index (χ0n) is 21.1. The molecule has 0 saturated heterocycles. The Morgan fingerprint density at radius 3 is 2.46 bits per heavy atom. The first-order valence-corrected chi connectivity index (χ1v) is 13.7. The van der Waals surface area contributed by atoms with Crippen molar-refractivity contribution in [3.63, 3.8) is 0 Å². The van der Waals surface area contributed by atoms with E-state index >= 15 is 0 Å². The summed E-state index contributed by atoms with van der Waals surface area (Å²) in [7, 11) is 0. The summed E-state index contributed by atoms with van der Waals surface area (Å²) < 4.78 is 0. The summed E-state index contributed by atoms with van der Waals surface area (Å²) in [5.41, 5.74) is 4.38. The van der Waals surface area contributed by atoms with Gasteiger partial charge in [0.15, 0.2) is 0 Å². The number of para-hydroxylation sites is 1.